The monoisotopic (exact) mass is 229 g/mol. The van der Waals surface area contributed by atoms with Crippen LogP contribution in [-0.2, 0) is 13.5 Å². The summed E-state index contributed by atoms with van der Waals surface area (Å²) in [5.74, 6) is 0. The molecule has 1 aromatic heterocycles. The Morgan fingerprint density at radius 1 is 1.29 bits per heavy atom. The number of rotatable bonds is 3. The Kier molecular flexibility index (Phi) is 3.29. The number of nitrogens with two attached hydrogens (primary N) is 1. The van der Waals surface area contributed by atoms with E-state index in [1.165, 1.54) is 22.4 Å². The molecule has 1 heterocycles. The van der Waals surface area contributed by atoms with Crippen molar-refractivity contribution in [1.82, 2.24) is 9.78 Å². The van der Waals surface area contributed by atoms with E-state index < -0.39 is 0 Å². The second-order valence-corrected chi connectivity index (χ2v) is 4.68. The Labute approximate surface area is 102 Å². The third kappa shape index (κ3) is 2.56. The summed E-state index contributed by atoms with van der Waals surface area (Å²) in [6, 6.07) is 8.78. The third-order valence-corrected chi connectivity index (χ3v) is 2.91. The zero-order valence-corrected chi connectivity index (χ0v) is 10.6. The highest BCUT2D eigenvalue weighted by molar-refractivity contribution is 5.63. The van der Waals surface area contributed by atoms with E-state index in [2.05, 4.69) is 36.3 Å². The second kappa shape index (κ2) is 4.72. The zero-order valence-electron chi connectivity index (χ0n) is 10.6. The molecule has 1 unspecified atom stereocenters. The summed E-state index contributed by atoms with van der Waals surface area (Å²) in [7, 11) is 1.97. The molecule has 2 N–H and O–H groups in total. The topological polar surface area (TPSA) is 43.8 Å². The molecule has 1 atom stereocenters. The number of aryl methyl sites for hydroxylation is 2. The van der Waals surface area contributed by atoms with E-state index in [0.717, 1.165) is 6.42 Å². The molecule has 17 heavy (non-hydrogen) atoms. The van der Waals surface area contributed by atoms with Crippen LogP contribution in [0.5, 0.6) is 0 Å². The van der Waals surface area contributed by atoms with Gasteiger partial charge in [-0.15, -0.1) is 0 Å². The van der Waals surface area contributed by atoms with Gasteiger partial charge >= 0.3 is 0 Å². The summed E-state index contributed by atoms with van der Waals surface area (Å²) in [4.78, 5) is 0. The molecule has 0 saturated carbocycles. The van der Waals surface area contributed by atoms with Crippen LogP contribution in [0.2, 0.25) is 0 Å². The first kappa shape index (κ1) is 11.9. The van der Waals surface area contributed by atoms with Crippen molar-refractivity contribution >= 4 is 0 Å². The second-order valence-electron chi connectivity index (χ2n) is 4.68. The molecular formula is C14H19N3. The molecule has 0 fully saturated rings. The van der Waals surface area contributed by atoms with Crippen molar-refractivity contribution in [1.29, 1.82) is 0 Å². The number of aromatic nitrogens is 2. The molecule has 0 aliphatic rings. The minimum absolute atomic E-state index is 0.208. The molecule has 0 bridgehead atoms. The van der Waals surface area contributed by atoms with Crippen LogP contribution in [0.3, 0.4) is 0 Å². The summed E-state index contributed by atoms with van der Waals surface area (Å²) in [5, 5.41) is 4.26. The first-order valence-corrected chi connectivity index (χ1v) is 5.91. The fraction of sp³-hybridized carbons (Fsp3) is 0.357. The molecule has 3 nitrogen and oxygen atoms in total. The number of hydrogen-bond acceptors (Lipinski definition) is 2. The van der Waals surface area contributed by atoms with Gasteiger partial charge in [0.05, 0.1) is 11.9 Å². The number of nitrogens with zero attached hydrogens (tertiary/aromatic N) is 2. The lowest BCUT2D eigenvalue weighted by Gasteiger charge is -2.08. The molecule has 90 valence electrons. The van der Waals surface area contributed by atoms with Crippen LogP contribution >= 0.6 is 0 Å². The predicted molar refractivity (Wildman–Crippen MR) is 70.7 cm³/mol. The summed E-state index contributed by atoms with van der Waals surface area (Å²) in [5.41, 5.74) is 10.7. The van der Waals surface area contributed by atoms with Crippen LogP contribution < -0.4 is 5.73 Å². The van der Waals surface area contributed by atoms with E-state index in [1.807, 2.05) is 24.9 Å². The maximum absolute atomic E-state index is 5.79. The lowest BCUT2D eigenvalue weighted by molar-refractivity contribution is 0.738. The third-order valence-electron chi connectivity index (χ3n) is 2.91. The minimum Gasteiger partial charge on any atom is -0.328 e. The van der Waals surface area contributed by atoms with Crippen molar-refractivity contribution < 1.29 is 0 Å². The van der Waals surface area contributed by atoms with Gasteiger partial charge < -0.3 is 5.73 Å². The van der Waals surface area contributed by atoms with Crippen molar-refractivity contribution in [2.45, 2.75) is 26.3 Å². The van der Waals surface area contributed by atoms with Crippen LogP contribution in [0, 0.1) is 6.92 Å². The predicted octanol–water partition coefficient (Wildman–Crippen LogP) is 2.29. The van der Waals surface area contributed by atoms with Crippen LogP contribution in [0.4, 0.5) is 0 Å². The van der Waals surface area contributed by atoms with E-state index >= 15 is 0 Å². The average Bonchev–Trinajstić information content (AvgIpc) is 2.59. The summed E-state index contributed by atoms with van der Waals surface area (Å²) < 4.78 is 1.91. The molecule has 1 aromatic carbocycles. The first-order valence-electron chi connectivity index (χ1n) is 5.91. The van der Waals surface area contributed by atoms with Gasteiger partial charge in [0.25, 0.3) is 0 Å². The molecule has 0 aliphatic carbocycles. The van der Waals surface area contributed by atoms with Crippen LogP contribution in [0.25, 0.3) is 11.3 Å². The summed E-state index contributed by atoms with van der Waals surface area (Å²) in [6.07, 6.45) is 2.82. The molecule has 0 saturated heterocycles. The molecule has 2 aromatic rings. The fourth-order valence-corrected chi connectivity index (χ4v) is 2.13. The van der Waals surface area contributed by atoms with Gasteiger partial charge in [-0.25, -0.2) is 0 Å². The normalized spacial score (nSPS) is 12.7. The van der Waals surface area contributed by atoms with Crippen molar-refractivity contribution in [3.63, 3.8) is 0 Å². The smallest absolute Gasteiger partial charge is 0.0708 e. The molecular weight excluding hydrogens is 210 g/mol. The van der Waals surface area contributed by atoms with E-state index in [9.17, 15) is 0 Å². The highest BCUT2D eigenvalue weighted by atomic mass is 15.3. The highest BCUT2D eigenvalue weighted by Gasteiger charge is 2.07. The van der Waals surface area contributed by atoms with Gasteiger partial charge in [-0.05, 0) is 31.4 Å². The van der Waals surface area contributed by atoms with Gasteiger partial charge in [0.15, 0.2) is 0 Å². The lowest BCUT2D eigenvalue weighted by Crippen LogP contribution is -2.17. The molecule has 3 heteroatoms. The molecule has 0 radical (unpaired) electrons. The largest absolute Gasteiger partial charge is 0.328 e. The van der Waals surface area contributed by atoms with Crippen LogP contribution in [-0.4, -0.2) is 15.8 Å². The van der Waals surface area contributed by atoms with Crippen LogP contribution in [0.1, 0.15) is 18.1 Å². The average molecular weight is 229 g/mol. The van der Waals surface area contributed by atoms with Gasteiger partial charge in [0.1, 0.15) is 0 Å². The Balaban J connectivity index is 2.30. The SMILES string of the molecule is Cc1cnn(C)c1-c1ccc(CC(C)N)cc1. The summed E-state index contributed by atoms with van der Waals surface area (Å²) >= 11 is 0. The fourth-order valence-electron chi connectivity index (χ4n) is 2.13. The van der Waals surface area contributed by atoms with E-state index in [0.29, 0.717) is 0 Å². The van der Waals surface area contributed by atoms with Gasteiger partial charge in [0.2, 0.25) is 0 Å². The van der Waals surface area contributed by atoms with Crippen molar-refractivity contribution in [2.24, 2.45) is 12.8 Å². The van der Waals surface area contributed by atoms with Crippen molar-refractivity contribution in [3.05, 3.63) is 41.6 Å². The Morgan fingerprint density at radius 2 is 1.94 bits per heavy atom. The Hall–Kier alpha value is -1.61. The maximum atomic E-state index is 5.79. The minimum atomic E-state index is 0.208. The van der Waals surface area contributed by atoms with Crippen LogP contribution in [0.15, 0.2) is 30.5 Å². The highest BCUT2D eigenvalue weighted by Crippen LogP contribution is 2.22. The number of benzene rings is 1. The summed E-state index contributed by atoms with van der Waals surface area (Å²) in [6.45, 7) is 4.11. The number of hydrogen-bond donors (Lipinski definition) is 1. The lowest BCUT2D eigenvalue weighted by atomic mass is 10.0. The first-order chi connectivity index (χ1) is 8.08. The quantitative estimate of drug-likeness (QED) is 0.877. The van der Waals surface area contributed by atoms with E-state index in [1.54, 1.807) is 0 Å². The van der Waals surface area contributed by atoms with Gasteiger partial charge in [-0.3, -0.25) is 4.68 Å². The van der Waals surface area contributed by atoms with Gasteiger partial charge in [-0.2, -0.15) is 5.10 Å². The molecule has 0 spiro atoms. The van der Waals surface area contributed by atoms with Gasteiger partial charge in [-0.1, -0.05) is 24.3 Å². The Morgan fingerprint density at radius 3 is 2.41 bits per heavy atom. The molecule has 0 aliphatic heterocycles. The Bertz CT molecular complexity index is 475. The van der Waals surface area contributed by atoms with Crippen molar-refractivity contribution in [3.8, 4) is 11.3 Å². The standard InChI is InChI=1S/C14H19N3/c1-10-9-16-17(3)14(10)13-6-4-12(5-7-13)8-11(2)15/h4-7,9,11H,8,15H2,1-3H3. The van der Waals surface area contributed by atoms with Crippen molar-refractivity contribution in [2.75, 3.05) is 0 Å². The maximum Gasteiger partial charge on any atom is 0.0708 e. The molecule has 2 rings (SSSR count). The molecule has 0 amide bonds. The zero-order chi connectivity index (χ0) is 12.4. The van der Waals surface area contributed by atoms with E-state index in [4.69, 9.17) is 5.73 Å². The van der Waals surface area contributed by atoms with E-state index in [-0.39, 0.29) is 6.04 Å². The van der Waals surface area contributed by atoms with Gasteiger partial charge in [0, 0.05) is 18.7 Å².